The van der Waals surface area contributed by atoms with Crippen LogP contribution in [0.4, 0.5) is 5.69 Å². The lowest BCUT2D eigenvalue weighted by molar-refractivity contribution is 0.389. The molecule has 1 aromatic carbocycles. The highest BCUT2D eigenvalue weighted by molar-refractivity contribution is 5.77. The Labute approximate surface area is 58.8 Å². The molecule has 0 aliphatic rings. The third-order valence-corrected chi connectivity index (χ3v) is 1.21. The highest BCUT2D eigenvalue weighted by Gasteiger charge is 1.87. The molecule has 0 radical (unpaired) electrons. The topological polar surface area (TPSA) is 56.1 Å². The summed E-state index contributed by atoms with van der Waals surface area (Å²) in [6.45, 7) is 0. The molecule has 3 nitrogen and oxygen atoms in total. The smallest absolute Gasteiger partial charge is 0.0602 e. The Hall–Kier alpha value is -1.35. The average molecular weight is 136 g/mol. The minimum Gasteiger partial charge on any atom is -0.308 e. The van der Waals surface area contributed by atoms with Gasteiger partial charge in [-0.1, -0.05) is 12.1 Å². The molecule has 3 heteroatoms. The van der Waals surface area contributed by atoms with Crippen molar-refractivity contribution in [3.05, 3.63) is 29.8 Å². The number of rotatable bonds is 2. The van der Waals surface area contributed by atoms with E-state index in [1.807, 2.05) is 5.48 Å². The number of hydrogen-bond acceptors (Lipinski definition) is 3. The van der Waals surface area contributed by atoms with Gasteiger partial charge in [0, 0.05) is 6.21 Å². The first kappa shape index (κ1) is 6.77. The van der Waals surface area contributed by atoms with Crippen LogP contribution in [0, 0.1) is 5.41 Å². The van der Waals surface area contributed by atoms with Gasteiger partial charge in [-0.15, -0.1) is 0 Å². The van der Waals surface area contributed by atoms with Gasteiger partial charge in [0.25, 0.3) is 0 Å². The third kappa shape index (κ3) is 1.33. The van der Waals surface area contributed by atoms with Crippen molar-refractivity contribution in [1.29, 1.82) is 5.41 Å². The number of benzene rings is 1. The summed E-state index contributed by atoms with van der Waals surface area (Å²) in [6, 6.07) is 6.87. The van der Waals surface area contributed by atoms with E-state index in [-0.39, 0.29) is 0 Å². The van der Waals surface area contributed by atoms with Gasteiger partial charge in [-0.25, -0.2) is 0 Å². The molecule has 3 N–H and O–H groups in total. The largest absolute Gasteiger partial charge is 0.308 e. The number of nitrogens with one attached hydrogen (secondary N) is 2. The lowest BCUT2D eigenvalue weighted by atomic mass is 10.2. The zero-order chi connectivity index (χ0) is 7.40. The Morgan fingerprint density at radius 3 is 2.30 bits per heavy atom. The molecule has 0 aliphatic heterocycles. The van der Waals surface area contributed by atoms with Crippen LogP contribution in [0.5, 0.6) is 0 Å². The van der Waals surface area contributed by atoms with Crippen LogP contribution in [-0.2, 0) is 0 Å². The predicted molar refractivity (Wildman–Crippen MR) is 39.7 cm³/mol. The second kappa shape index (κ2) is 2.98. The fourth-order valence-electron chi connectivity index (χ4n) is 0.654. The first-order valence-electron chi connectivity index (χ1n) is 2.87. The van der Waals surface area contributed by atoms with E-state index >= 15 is 0 Å². The molecule has 0 amide bonds. The maximum absolute atomic E-state index is 8.39. The van der Waals surface area contributed by atoms with Gasteiger partial charge < -0.3 is 5.41 Å². The molecule has 52 valence electrons. The molecule has 0 saturated carbocycles. The molecule has 10 heavy (non-hydrogen) atoms. The van der Waals surface area contributed by atoms with E-state index in [0.717, 1.165) is 5.56 Å². The van der Waals surface area contributed by atoms with Crippen molar-refractivity contribution in [1.82, 2.24) is 0 Å². The fraction of sp³-hybridized carbons (Fsp3) is 0. The SMILES string of the molecule is N=Cc1ccc(NO)cc1. The maximum Gasteiger partial charge on any atom is 0.0602 e. The van der Waals surface area contributed by atoms with Crippen molar-refractivity contribution >= 4 is 11.9 Å². The summed E-state index contributed by atoms with van der Waals surface area (Å²) in [4.78, 5) is 0. The second-order valence-electron chi connectivity index (χ2n) is 1.88. The third-order valence-electron chi connectivity index (χ3n) is 1.21. The summed E-state index contributed by atoms with van der Waals surface area (Å²) in [5.74, 6) is 0. The molecule has 0 heterocycles. The van der Waals surface area contributed by atoms with Crippen LogP contribution in [0.1, 0.15) is 5.56 Å². The molecular weight excluding hydrogens is 128 g/mol. The number of anilines is 1. The predicted octanol–water partition coefficient (Wildman–Crippen LogP) is 1.49. The minimum absolute atomic E-state index is 0.630. The molecule has 0 spiro atoms. The molecule has 0 atom stereocenters. The number of hydrogen-bond donors (Lipinski definition) is 3. The van der Waals surface area contributed by atoms with Crippen LogP contribution in [0.3, 0.4) is 0 Å². The van der Waals surface area contributed by atoms with E-state index in [1.54, 1.807) is 24.3 Å². The zero-order valence-electron chi connectivity index (χ0n) is 5.33. The molecule has 0 unspecified atom stereocenters. The molecule has 0 fully saturated rings. The van der Waals surface area contributed by atoms with Gasteiger partial charge >= 0.3 is 0 Å². The van der Waals surface area contributed by atoms with Crippen LogP contribution in [0.2, 0.25) is 0 Å². The standard InChI is InChI=1S/C7H8N2O/c8-5-6-1-3-7(9-10)4-2-6/h1-5,8-10H. The van der Waals surface area contributed by atoms with Crippen molar-refractivity contribution in [3.63, 3.8) is 0 Å². The lowest BCUT2D eigenvalue weighted by Gasteiger charge is -1.96. The first-order valence-corrected chi connectivity index (χ1v) is 2.87. The maximum atomic E-state index is 8.39. The Morgan fingerprint density at radius 1 is 1.30 bits per heavy atom. The molecule has 1 aromatic rings. The van der Waals surface area contributed by atoms with Crippen LogP contribution in [0.15, 0.2) is 24.3 Å². The van der Waals surface area contributed by atoms with Gasteiger partial charge in [0.2, 0.25) is 0 Å². The zero-order valence-corrected chi connectivity index (χ0v) is 5.33. The van der Waals surface area contributed by atoms with Gasteiger partial charge in [0.15, 0.2) is 0 Å². The Balaban J connectivity index is 2.90. The molecule has 0 aliphatic carbocycles. The van der Waals surface area contributed by atoms with Gasteiger partial charge in [-0.3, -0.25) is 10.7 Å². The second-order valence-corrected chi connectivity index (χ2v) is 1.88. The normalized spacial score (nSPS) is 8.90. The Bertz CT molecular complexity index is 218. The van der Waals surface area contributed by atoms with E-state index < -0.39 is 0 Å². The van der Waals surface area contributed by atoms with Gasteiger partial charge in [0.1, 0.15) is 0 Å². The van der Waals surface area contributed by atoms with Gasteiger partial charge in [0.05, 0.1) is 5.69 Å². The monoisotopic (exact) mass is 136 g/mol. The van der Waals surface area contributed by atoms with Gasteiger partial charge in [-0.2, -0.15) is 0 Å². The fourth-order valence-corrected chi connectivity index (χ4v) is 0.654. The van der Waals surface area contributed by atoms with E-state index in [4.69, 9.17) is 10.6 Å². The van der Waals surface area contributed by atoms with Crippen molar-refractivity contribution < 1.29 is 5.21 Å². The van der Waals surface area contributed by atoms with E-state index in [2.05, 4.69) is 0 Å². The van der Waals surface area contributed by atoms with Crippen molar-refractivity contribution in [2.45, 2.75) is 0 Å². The lowest BCUT2D eigenvalue weighted by Crippen LogP contribution is -1.88. The molecular formula is C7H8N2O. The van der Waals surface area contributed by atoms with E-state index in [0.29, 0.717) is 5.69 Å². The molecule has 0 saturated heterocycles. The molecule has 0 aromatic heterocycles. The minimum atomic E-state index is 0.630. The van der Waals surface area contributed by atoms with E-state index in [9.17, 15) is 0 Å². The van der Waals surface area contributed by atoms with Crippen molar-refractivity contribution in [2.75, 3.05) is 5.48 Å². The quantitative estimate of drug-likeness (QED) is 0.426. The summed E-state index contributed by atoms with van der Waals surface area (Å²) >= 11 is 0. The summed E-state index contributed by atoms with van der Waals surface area (Å²) in [5, 5.41) is 15.3. The van der Waals surface area contributed by atoms with Crippen LogP contribution >= 0.6 is 0 Å². The Morgan fingerprint density at radius 2 is 1.90 bits per heavy atom. The van der Waals surface area contributed by atoms with Gasteiger partial charge in [-0.05, 0) is 17.7 Å². The molecule has 0 bridgehead atoms. The summed E-state index contributed by atoms with van der Waals surface area (Å²) in [6.07, 6.45) is 1.25. The van der Waals surface area contributed by atoms with Crippen molar-refractivity contribution in [3.8, 4) is 0 Å². The van der Waals surface area contributed by atoms with E-state index in [1.165, 1.54) is 6.21 Å². The van der Waals surface area contributed by atoms with Crippen LogP contribution in [-0.4, -0.2) is 11.4 Å². The summed E-state index contributed by atoms with van der Waals surface area (Å²) in [5.41, 5.74) is 3.45. The molecule has 1 rings (SSSR count). The summed E-state index contributed by atoms with van der Waals surface area (Å²) < 4.78 is 0. The average Bonchev–Trinajstić information content (AvgIpc) is 2.05. The van der Waals surface area contributed by atoms with Crippen LogP contribution in [0.25, 0.3) is 0 Å². The highest BCUT2D eigenvalue weighted by Crippen LogP contribution is 2.05. The first-order chi connectivity index (χ1) is 4.86. The van der Waals surface area contributed by atoms with Crippen molar-refractivity contribution in [2.24, 2.45) is 0 Å². The highest BCUT2D eigenvalue weighted by atomic mass is 16.5. The van der Waals surface area contributed by atoms with Crippen LogP contribution < -0.4 is 5.48 Å². The summed E-state index contributed by atoms with van der Waals surface area (Å²) in [7, 11) is 0. The Kier molecular flexibility index (Phi) is 2.02.